The van der Waals surface area contributed by atoms with Crippen LogP contribution in [0.2, 0.25) is 0 Å². The number of para-hydroxylation sites is 1. The predicted molar refractivity (Wildman–Crippen MR) is 113 cm³/mol. The van der Waals surface area contributed by atoms with Gasteiger partial charge in [0.05, 0.1) is 27.8 Å². The number of nitrogens with zero attached hydrogens (tertiary/aromatic N) is 3. The minimum atomic E-state index is -1.28. The van der Waals surface area contributed by atoms with Gasteiger partial charge in [0, 0.05) is 5.39 Å². The van der Waals surface area contributed by atoms with Crippen molar-refractivity contribution in [3.63, 3.8) is 0 Å². The van der Waals surface area contributed by atoms with Gasteiger partial charge in [-0.1, -0.05) is 18.2 Å². The fourth-order valence-electron chi connectivity index (χ4n) is 3.72. The van der Waals surface area contributed by atoms with Crippen molar-refractivity contribution in [2.45, 2.75) is 33.4 Å². The number of hydrogen-bond donors (Lipinski definition) is 1. The minimum Gasteiger partial charge on any atom is -0.480 e. The summed E-state index contributed by atoms with van der Waals surface area (Å²) >= 11 is 1.36. The molecule has 148 valence electrons. The number of benzene rings is 2. The highest BCUT2D eigenvalue weighted by atomic mass is 32.1. The average molecular weight is 409 g/mol. The molecule has 8 heteroatoms. The molecule has 0 radical (unpaired) electrons. The molecule has 4 rings (SSSR count). The molecule has 0 aliphatic heterocycles. The van der Waals surface area contributed by atoms with Crippen LogP contribution in [0.1, 0.15) is 29.8 Å². The Labute approximate surface area is 169 Å². The van der Waals surface area contributed by atoms with Gasteiger partial charge in [-0.15, -0.1) is 0 Å². The third-order valence-electron chi connectivity index (χ3n) is 5.12. The number of hydrogen-bond acceptors (Lipinski definition) is 5. The Morgan fingerprint density at radius 2 is 1.93 bits per heavy atom. The third-order valence-corrected chi connectivity index (χ3v) is 5.95. The normalized spacial score (nSPS) is 12.5. The number of rotatable bonds is 4. The number of fused-ring (bicyclic) bond motifs is 2. The van der Waals surface area contributed by atoms with Crippen molar-refractivity contribution in [1.82, 2.24) is 13.5 Å². The van der Waals surface area contributed by atoms with Gasteiger partial charge in [0.15, 0.2) is 0 Å². The van der Waals surface area contributed by atoms with Crippen molar-refractivity contribution in [3.05, 3.63) is 74.1 Å². The minimum absolute atomic E-state index is 0.149. The van der Waals surface area contributed by atoms with E-state index in [1.54, 1.807) is 24.3 Å². The zero-order valence-electron chi connectivity index (χ0n) is 16.2. The lowest BCUT2D eigenvalue weighted by Crippen LogP contribution is -2.43. The lowest BCUT2D eigenvalue weighted by atomic mass is 10.1. The van der Waals surface area contributed by atoms with Crippen LogP contribution >= 0.6 is 11.5 Å². The van der Waals surface area contributed by atoms with Gasteiger partial charge in [-0.2, -0.15) is 4.37 Å². The van der Waals surface area contributed by atoms with Gasteiger partial charge < -0.3 is 5.11 Å². The van der Waals surface area contributed by atoms with E-state index in [2.05, 4.69) is 16.5 Å². The first-order valence-electron chi connectivity index (χ1n) is 9.12. The first kappa shape index (κ1) is 19.1. The molecule has 0 fully saturated rings. The maximum atomic E-state index is 13.2. The van der Waals surface area contributed by atoms with Gasteiger partial charge in [-0.05, 0) is 61.6 Å². The van der Waals surface area contributed by atoms with E-state index < -0.39 is 23.3 Å². The molecule has 2 aromatic heterocycles. The molecule has 0 spiro atoms. The molecule has 0 bridgehead atoms. The number of carboxylic acid groups (broad SMARTS) is 1. The summed E-state index contributed by atoms with van der Waals surface area (Å²) in [5.41, 5.74) is 2.12. The molecule has 1 atom stereocenters. The van der Waals surface area contributed by atoms with Crippen molar-refractivity contribution < 1.29 is 9.90 Å². The van der Waals surface area contributed by atoms with E-state index >= 15 is 0 Å². The molecular weight excluding hydrogens is 390 g/mol. The predicted octanol–water partition coefficient (Wildman–Crippen LogP) is 3.08. The summed E-state index contributed by atoms with van der Waals surface area (Å²) in [6.07, 6.45) is 0. The molecule has 0 amide bonds. The van der Waals surface area contributed by atoms with Crippen LogP contribution in [-0.2, 0) is 11.3 Å². The Balaban J connectivity index is 2.01. The van der Waals surface area contributed by atoms with Gasteiger partial charge in [0.1, 0.15) is 6.04 Å². The molecular formula is C21H19N3O4S. The standard InChI is InChI=1S/C21H19N3O4S/c1-11-8-12(2)18-15(22-29-17(18)9-11)10-23-16-7-5-4-6-14(16)19(25)24(21(23)28)13(3)20(26)27/h4-9,13H,10H2,1-3H3,(H,26,27). The molecule has 1 unspecified atom stereocenters. The van der Waals surface area contributed by atoms with Crippen LogP contribution in [0.5, 0.6) is 0 Å². The molecule has 1 N–H and O–H groups in total. The first-order chi connectivity index (χ1) is 13.8. The van der Waals surface area contributed by atoms with Gasteiger partial charge in [0.25, 0.3) is 5.56 Å². The highest BCUT2D eigenvalue weighted by Gasteiger charge is 2.22. The van der Waals surface area contributed by atoms with Crippen LogP contribution in [0, 0.1) is 13.8 Å². The molecule has 0 aliphatic carbocycles. The van der Waals surface area contributed by atoms with Crippen LogP contribution in [0.25, 0.3) is 21.0 Å². The van der Waals surface area contributed by atoms with Crippen LogP contribution in [0.15, 0.2) is 46.0 Å². The number of aryl methyl sites for hydroxylation is 2. The second-order valence-electron chi connectivity index (χ2n) is 7.16. The summed E-state index contributed by atoms with van der Waals surface area (Å²) in [5, 5.41) is 10.7. The first-order valence-corrected chi connectivity index (χ1v) is 9.89. The fourth-order valence-corrected chi connectivity index (χ4v) is 4.69. The summed E-state index contributed by atoms with van der Waals surface area (Å²) in [7, 11) is 0. The van der Waals surface area contributed by atoms with E-state index in [1.807, 2.05) is 13.8 Å². The molecule has 29 heavy (non-hydrogen) atoms. The summed E-state index contributed by atoms with van der Waals surface area (Å²) in [6, 6.07) is 9.58. The van der Waals surface area contributed by atoms with E-state index in [0.717, 1.165) is 31.5 Å². The SMILES string of the molecule is Cc1cc(C)c2c(Cn3c(=O)n(C(C)C(=O)O)c(=O)c4ccccc43)nsc2c1. The summed E-state index contributed by atoms with van der Waals surface area (Å²) in [4.78, 5) is 37.5. The van der Waals surface area contributed by atoms with Gasteiger partial charge in [0.2, 0.25) is 0 Å². The van der Waals surface area contributed by atoms with Crippen molar-refractivity contribution in [1.29, 1.82) is 0 Å². The highest BCUT2D eigenvalue weighted by molar-refractivity contribution is 7.13. The van der Waals surface area contributed by atoms with E-state index in [0.29, 0.717) is 10.9 Å². The van der Waals surface area contributed by atoms with Crippen LogP contribution in [-0.4, -0.2) is 24.6 Å². The topological polar surface area (TPSA) is 94.2 Å². The molecule has 4 aromatic rings. The lowest BCUT2D eigenvalue weighted by molar-refractivity contribution is -0.140. The Morgan fingerprint density at radius 1 is 1.21 bits per heavy atom. The molecule has 0 saturated carbocycles. The second kappa shape index (κ2) is 6.97. The summed E-state index contributed by atoms with van der Waals surface area (Å²) in [5.74, 6) is -1.24. The van der Waals surface area contributed by atoms with Crippen LogP contribution < -0.4 is 11.2 Å². The number of carbonyl (C=O) groups is 1. The monoisotopic (exact) mass is 409 g/mol. The van der Waals surface area contributed by atoms with Crippen molar-refractivity contribution in [2.24, 2.45) is 0 Å². The zero-order chi connectivity index (χ0) is 20.9. The number of carboxylic acids is 1. The van der Waals surface area contributed by atoms with Gasteiger partial charge in [-0.25, -0.2) is 14.2 Å². The maximum absolute atomic E-state index is 13.2. The van der Waals surface area contributed by atoms with Crippen molar-refractivity contribution in [2.75, 3.05) is 0 Å². The Morgan fingerprint density at radius 3 is 2.66 bits per heavy atom. The smallest absolute Gasteiger partial charge is 0.332 e. The summed E-state index contributed by atoms with van der Waals surface area (Å²) < 4.78 is 7.82. The Hall–Kier alpha value is -3.26. The Bertz CT molecular complexity index is 1400. The quantitative estimate of drug-likeness (QED) is 0.559. The molecule has 0 aliphatic rings. The Kier molecular flexibility index (Phi) is 4.58. The maximum Gasteiger partial charge on any atom is 0.332 e. The van der Waals surface area contributed by atoms with Gasteiger partial charge >= 0.3 is 11.7 Å². The molecule has 2 heterocycles. The van der Waals surface area contributed by atoms with E-state index in [4.69, 9.17) is 0 Å². The van der Waals surface area contributed by atoms with Crippen molar-refractivity contribution >= 4 is 38.5 Å². The van der Waals surface area contributed by atoms with Crippen LogP contribution in [0.3, 0.4) is 0 Å². The van der Waals surface area contributed by atoms with E-state index in [1.165, 1.54) is 23.0 Å². The molecule has 0 saturated heterocycles. The lowest BCUT2D eigenvalue weighted by Gasteiger charge is -2.16. The molecule has 2 aromatic carbocycles. The number of aliphatic carboxylic acids is 1. The third kappa shape index (κ3) is 3.05. The zero-order valence-corrected chi connectivity index (χ0v) is 17.0. The average Bonchev–Trinajstić information content (AvgIpc) is 3.07. The largest absolute Gasteiger partial charge is 0.480 e. The van der Waals surface area contributed by atoms with Gasteiger partial charge in [-0.3, -0.25) is 9.36 Å². The van der Waals surface area contributed by atoms with E-state index in [9.17, 15) is 19.5 Å². The van der Waals surface area contributed by atoms with E-state index in [-0.39, 0.29) is 6.54 Å². The highest BCUT2D eigenvalue weighted by Crippen LogP contribution is 2.28. The van der Waals surface area contributed by atoms with Crippen molar-refractivity contribution in [3.8, 4) is 0 Å². The second-order valence-corrected chi connectivity index (χ2v) is 7.96. The molecule has 7 nitrogen and oxygen atoms in total. The fraction of sp³-hybridized carbons (Fsp3) is 0.238. The van der Waals surface area contributed by atoms with Crippen LogP contribution in [0.4, 0.5) is 0 Å². The number of aromatic nitrogens is 3. The summed E-state index contributed by atoms with van der Waals surface area (Å²) in [6.45, 7) is 5.50.